The van der Waals surface area contributed by atoms with E-state index in [0.717, 1.165) is 48.5 Å². The molecule has 2 heterocycles. The van der Waals surface area contributed by atoms with Crippen LogP contribution in [0.3, 0.4) is 0 Å². The van der Waals surface area contributed by atoms with Crippen molar-refractivity contribution in [2.45, 2.75) is 6.92 Å². The number of hydrogen-bond donors (Lipinski definition) is 1. The second-order valence-corrected chi connectivity index (χ2v) is 8.79. The van der Waals surface area contributed by atoms with Gasteiger partial charge in [0, 0.05) is 20.8 Å². The Hall–Kier alpha value is -3.28. The quantitative estimate of drug-likeness (QED) is 0.156. The molecule has 0 radical (unpaired) electrons. The highest BCUT2D eigenvalue weighted by Crippen LogP contribution is 2.32. The highest BCUT2D eigenvalue weighted by atomic mass is 79.9. The van der Waals surface area contributed by atoms with Gasteiger partial charge in [-0.3, -0.25) is 5.43 Å². The molecule has 6 heteroatoms. The number of fused-ring (bicyclic) bond motifs is 2. The lowest BCUT2D eigenvalue weighted by Gasteiger charge is -2.10. The molecule has 0 aliphatic heterocycles. The Morgan fingerprint density at radius 3 is 2.59 bits per heavy atom. The van der Waals surface area contributed by atoms with Gasteiger partial charge in [0.15, 0.2) is 0 Å². The molecule has 0 atom stereocenters. The molecular weight excluding hydrogens is 484 g/mol. The predicted molar refractivity (Wildman–Crippen MR) is 138 cm³/mol. The number of aromatic nitrogens is 2. The van der Waals surface area contributed by atoms with Gasteiger partial charge in [-0.25, -0.2) is 9.97 Å². The number of hydrazone groups is 1. The third-order valence-electron chi connectivity index (χ3n) is 5.19. The van der Waals surface area contributed by atoms with Crippen LogP contribution in [0.2, 0.25) is 5.15 Å². The molecule has 0 aliphatic carbocycles. The van der Waals surface area contributed by atoms with Crippen LogP contribution in [0.1, 0.15) is 11.1 Å². The largest absolute Gasteiger partial charge is 0.261 e. The number of halogens is 2. The molecule has 0 unspecified atom stereocenters. The number of nitrogens with one attached hydrogen (secondary N) is 1. The fourth-order valence-corrected chi connectivity index (χ4v) is 4.20. The third-order valence-corrected chi connectivity index (χ3v) is 5.99. The van der Waals surface area contributed by atoms with Crippen molar-refractivity contribution in [1.82, 2.24) is 9.97 Å². The summed E-state index contributed by atoms with van der Waals surface area (Å²) >= 11 is 9.95. The van der Waals surface area contributed by atoms with Crippen molar-refractivity contribution in [3.05, 3.63) is 99.6 Å². The van der Waals surface area contributed by atoms with E-state index in [0.29, 0.717) is 11.0 Å². The van der Waals surface area contributed by atoms with E-state index in [-0.39, 0.29) is 0 Å². The second-order valence-electron chi connectivity index (χ2n) is 7.52. The highest BCUT2D eigenvalue weighted by molar-refractivity contribution is 9.10. The lowest BCUT2D eigenvalue weighted by molar-refractivity contribution is 1.26. The molecule has 0 saturated heterocycles. The molecule has 0 bridgehead atoms. The monoisotopic (exact) mass is 500 g/mol. The number of nitrogens with zero attached hydrogens (tertiary/aromatic N) is 3. The maximum atomic E-state index is 6.39. The summed E-state index contributed by atoms with van der Waals surface area (Å²) in [6.07, 6.45) is 1.67. The zero-order valence-corrected chi connectivity index (χ0v) is 19.5. The van der Waals surface area contributed by atoms with Crippen molar-refractivity contribution in [3.8, 4) is 11.1 Å². The Morgan fingerprint density at radius 1 is 0.906 bits per heavy atom. The normalized spacial score (nSPS) is 11.5. The van der Waals surface area contributed by atoms with E-state index in [4.69, 9.17) is 16.6 Å². The van der Waals surface area contributed by atoms with Gasteiger partial charge < -0.3 is 0 Å². The van der Waals surface area contributed by atoms with Crippen molar-refractivity contribution >= 4 is 61.4 Å². The van der Waals surface area contributed by atoms with Crippen LogP contribution in [0.25, 0.3) is 32.9 Å². The number of pyridine rings is 2. The van der Waals surface area contributed by atoms with E-state index in [2.05, 4.69) is 55.7 Å². The Kier molecular flexibility index (Phi) is 5.60. The summed E-state index contributed by atoms with van der Waals surface area (Å²) in [5.74, 6) is 0.649. The number of hydrogen-bond acceptors (Lipinski definition) is 4. The van der Waals surface area contributed by atoms with Crippen LogP contribution in [0.5, 0.6) is 0 Å². The summed E-state index contributed by atoms with van der Waals surface area (Å²) < 4.78 is 1.01. The van der Waals surface area contributed by atoms with Gasteiger partial charge in [-0.2, -0.15) is 5.10 Å². The van der Waals surface area contributed by atoms with Crippen LogP contribution in [-0.2, 0) is 0 Å². The fraction of sp³-hybridized carbons (Fsp3) is 0.0385. The molecule has 5 rings (SSSR count). The minimum absolute atomic E-state index is 0.412. The summed E-state index contributed by atoms with van der Waals surface area (Å²) in [5, 5.41) is 6.88. The summed E-state index contributed by atoms with van der Waals surface area (Å²) in [5.41, 5.74) is 8.88. The van der Waals surface area contributed by atoms with Crippen molar-refractivity contribution < 1.29 is 0 Å². The number of rotatable bonds is 4. The van der Waals surface area contributed by atoms with E-state index >= 15 is 0 Å². The van der Waals surface area contributed by atoms with Gasteiger partial charge in [-0.05, 0) is 60.0 Å². The summed E-state index contributed by atoms with van der Waals surface area (Å²) in [6, 6.07) is 26.4. The first-order valence-corrected chi connectivity index (χ1v) is 11.3. The summed E-state index contributed by atoms with van der Waals surface area (Å²) in [4.78, 5) is 9.21. The molecule has 156 valence electrons. The van der Waals surface area contributed by atoms with Gasteiger partial charge in [0.1, 0.15) is 11.0 Å². The SMILES string of the molecule is Cc1ccc2cc(C=NNc3cc(-c4ccccc4)c4cc(Br)ccc4n3)c(Cl)nc2c1. The van der Waals surface area contributed by atoms with Crippen LogP contribution >= 0.6 is 27.5 Å². The molecule has 5 aromatic rings. The molecule has 0 aliphatic rings. The third kappa shape index (κ3) is 4.22. The first kappa shape index (κ1) is 20.6. The van der Waals surface area contributed by atoms with E-state index in [1.165, 1.54) is 0 Å². The van der Waals surface area contributed by atoms with Crippen molar-refractivity contribution in [3.63, 3.8) is 0 Å². The van der Waals surface area contributed by atoms with Gasteiger partial charge in [0.05, 0.1) is 17.2 Å². The van der Waals surface area contributed by atoms with Gasteiger partial charge in [-0.15, -0.1) is 0 Å². The molecular formula is C26H18BrClN4. The Morgan fingerprint density at radius 2 is 1.75 bits per heavy atom. The Labute approximate surface area is 199 Å². The van der Waals surface area contributed by atoms with Gasteiger partial charge in [0.2, 0.25) is 0 Å². The lowest BCUT2D eigenvalue weighted by atomic mass is 10.0. The van der Waals surface area contributed by atoms with Crippen LogP contribution in [0.15, 0.2) is 88.4 Å². The summed E-state index contributed by atoms with van der Waals surface area (Å²) in [7, 11) is 0. The zero-order valence-electron chi connectivity index (χ0n) is 17.2. The first-order valence-electron chi connectivity index (χ1n) is 10.1. The standard InChI is InChI=1S/C26H18BrClN4/c1-16-7-8-18-12-19(26(28)31-24(18)11-16)15-29-32-25-14-21(17-5-3-2-4-6-17)22-13-20(27)9-10-23(22)30-25/h2-15H,1H3,(H,30,32). The number of anilines is 1. The second kappa shape index (κ2) is 8.69. The molecule has 0 amide bonds. The van der Waals surface area contributed by atoms with Crippen LogP contribution < -0.4 is 5.43 Å². The first-order chi connectivity index (χ1) is 15.6. The lowest BCUT2D eigenvalue weighted by Crippen LogP contribution is -1.97. The molecule has 3 aromatic carbocycles. The fourth-order valence-electron chi connectivity index (χ4n) is 3.64. The van der Waals surface area contributed by atoms with Gasteiger partial charge in [0.25, 0.3) is 0 Å². The maximum absolute atomic E-state index is 6.39. The number of aryl methyl sites for hydroxylation is 1. The van der Waals surface area contributed by atoms with Gasteiger partial charge >= 0.3 is 0 Å². The number of benzene rings is 3. The molecule has 2 aromatic heterocycles. The van der Waals surface area contributed by atoms with E-state index in [1.54, 1.807) is 6.21 Å². The average Bonchev–Trinajstić information content (AvgIpc) is 2.80. The highest BCUT2D eigenvalue weighted by Gasteiger charge is 2.09. The summed E-state index contributed by atoms with van der Waals surface area (Å²) in [6.45, 7) is 2.03. The molecule has 1 N–H and O–H groups in total. The topological polar surface area (TPSA) is 50.2 Å². The smallest absolute Gasteiger partial charge is 0.147 e. The Bertz CT molecular complexity index is 1480. The van der Waals surface area contributed by atoms with Crippen LogP contribution in [-0.4, -0.2) is 16.2 Å². The molecule has 0 fully saturated rings. The van der Waals surface area contributed by atoms with E-state index in [9.17, 15) is 0 Å². The predicted octanol–water partition coefficient (Wildman–Crippen LogP) is 7.62. The molecule has 0 saturated carbocycles. The van der Waals surface area contributed by atoms with Crippen molar-refractivity contribution in [2.24, 2.45) is 5.10 Å². The maximum Gasteiger partial charge on any atom is 0.147 e. The van der Waals surface area contributed by atoms with E-state index < -0.39 is 0 Å². The minimum atomic E-state index is 0.412. The van der Waals surface area contributed by atoms with E-state index in [1.807, 2.05) is 61.5 Å². The minimum Gasteiger partial charge on any atom is -0.261 e. The Balaban J connectivity index is 1.50. The van der Waals surface area contributed by atoms with Crippen LogP contribution in [0, 0.1) is 6.92 Å². The zero-order chi connectivity index (χ0) is 22.1. The average molecular weight is 502 g/mol. The molecule has 0 spiro atoms. The van der Waals surface area contributed by atoms with Crippen molar-refractivity contribution in [2.75, 3.05) is 5.43 Å². The molecule has 32 heavy (non-hydrogen) atoms. The van der Waals surface area contributed by atoms with Gasteiger partial charge in [-0.1, -0.05) is 70.0 Å². The van der Waals surface area contributed by atoms with Crippen LogP contribution in [0.4, 0.5) is 5.82 Å². The molecule has 4 nitrogen and oxygen atoms in total. The van der Waals surface area contributed by atoms with Crippen molar-refractivity contribution in [1.29, 1.82) is 0 Å².